The maximum Gasteiger partial charge on any atom is 0.426 e. The molecular formula is C11H8ClF3N2O2. The Morgan fingerprint density at radius 2 is 2.05 bits per heavy atom. The van der Waals surface area contributed by atoms with Gasteiger partial charge in [-0.2, -0.15) is 18.4 Å². The summed E-state index contributed by atoms with van der Waals surface area (Å²) in [6.07, 6.45) is -5.10. The van der Waals surface area contributed by atoms with E-state index in [2.05, 4.69) is 0 Å². The van der Waals surface area contributed by atoms with Crippen LogP contribution in [0.15, 0.2) is 18.2 Å². The standard InChI is InChI=1S/C11H8ClF3N2O2/c1-10(19,11(13,14)15)9(18)17-7-3-2-6(5-16)8(12)4-7/h2-4,19H,1H3,(H,17,18)/t10-/m0/s1. The lowest BCUT2D eigenvalue weighted by molar-refractivity contribution is -0.242. The smallest absolute Gasteiger partial charge is 0.373 e. The van der Waals surface area contributed by atoms with E-state index in [0.717, 1.165) is 6.07 Å². The number of halogens is 4. The van der Waals surface area contributed by atoms with Crippen LogP contribution in [-0.4, -0.2) is 22.8 Å². The van der Waals surface area contributed by atoms with Gasteiger partial charge in [-0.15, -0.1) is 0 Å². The molecule has 2 N–H and O–H groups in total. The first-order valence-electron chi connectivity index (χ1n) is 4.90. The van der Waals surface area contributed by atoms with Crippen LogP contribution in [0, 0.1) is 11.3 Å². The number of anilines is 1. The predicted octanol–water partition coefficient (Wildman–Crippen LogP) is 2.46. The highest BCUT2D eigenvalue weighted by molar-refractivity contribution is 6.32. The maximum absolute atomic E-state index is 12.4. The summed E-state index contributed by atoms with van der Waals surface area (Å²) in [7, 11) is 0. The van der Waals surface area contributed by atoms with Gasteiger partial charge in [-0.05, 0) is 25.1 Å². The Kier molecular flexibility index (Phi) is 4.08. The lowest BCUT2D eigenvalue weighted by Crippen LogP contribution is -2.52. The van der Waals surface area contributed by atoms with Gasteiger partial charge in [0.2, 0.25) is 5.60 Å². The van der Waals surface area contributed by atoms with Crippen molar-refractivity contribution in [3.8, 4) is 6.07 Å². The second-order valence-electron chi connectivity index (χ2n) is 3.83. The van der Waals surface area contributed by atoms with E-state index in [-0.39, 0.29) is 16.3 Å². The molecule has 0 radical (unpaired) electrons. The van der Waals surface area contributed by atoms with E-state index in [9.17, 15) is 18.0 Å². The van der Waals surface area contributed by atoms with Crippen LogP contribution in [0.4, 0.5) is 18.9 Å². The number of benzene rings is 1. The minimum atomic E-state index is -5.10. The van der Waals surface area contributed by atoms with Crippen LogP contribution in [0.1, 0.15) is 12.5 Å². The average molecular weight is 293 g/mol. The summed E-state index contributed by atoms with van der Waals surface area (Å²) in [5.41, 5.74) is -3.46. The van der Waals surface area contributed by atoms with Gasteiger partial charge in [0.25, 0.3) is 5.91 Å². The molecule has 1 aromatic rings. The van der Waals surface area contributed by atoms with E-state index in [4.69, 9.17) is 22.0 Å². The average Bonchev–Trinajstić information content (AvgIpc) is 2.27. The molecule has 19 heavy (non-hydrogen) atoms. The number of rotatable bonds is 2. The van der Waals surface area contributed by atoms with Crippen LogP contribution in [0.2, 0.25) is 5.02 Å². The van der Waals surface area contributed by atoms with E-state index >= 15 is 0 Å². The van der Waals surface area contributed by atoms with Crippen LogP contribution >= 0.6 is 11.6 Å². The van der Waals surface area contributed by atoms with Crippen molar-refractivity contribution in [2.45, 2.75) is 18.7 Å². The monoisotopic (exact) mass is 292 g/mol. The molecule has 1 rings (SSSR count). The summed E-state index contributed by atoms with van der Waals surface area (Å²) in [6, 6.07) is 5.31. The molecule has 4 nitrogen and oxygen atoms in total. The molecule has 102 valence electrons. The number of hydrogen-bond acceptors (Lipinski definition) is 3. The Morgan fingerprint density at radius 1 is 1.47 bits per heavy atom. The molecule has 1 aromatic carbocycles. The fourth-order valence-corrected chi connectivity index (χ4v) is 1.29. The van der Waals surface area contributed by atoms with Crippen molar-refractivity contribution >= 4 is 23.2 Å². The van der Waals surface area contributed by atoms with Crippen molar-refractivity contribution in [2.24, 2.45) is 0 Å². The number of carbonyl (C=O) groups excluding carboxylic acids is 1. The predicted molar refractivity (Wildman–Crippen MR) is 61.5 cm³/mol. The number of nitrogens with zero attached hydrogens (tertiary/aromatic N) is 1. The maximum atomic E-state index is 12.4. The van der Waals surface area contributed by atoms with Gasteiger partial charge in [0, 0.05) is 5.69 Å². The normalized spacial score (nSPS) is 14.4. The van der Waals surface area contributed by atoms with E-state index in [1.165, 1.54) is 12.1 Å². The Bertz CT molecular complexity index is 550. The molecule has 0 saturated carbocycles. The number of hydrogen-bond donors (Lipinski definition) is 2. The van der Waals surface area contributed by atoms with Crippen molar-refractivity contribution in [3.05, 3.63) is 28.8 Å². The second-order valence-corrected chi connectivity index (χ2v) is 4.24. The number of amides is 1. The lowest BCUT2D eigenvalue weighted by atomic mass is 10.1. The zero-order chi connectivity index (χ0) is 14.8. The van der Waals surface area contributed by atoms with Gasteiger partial charge in [-0.25, -0.2) is 0 Å². The molecule has 0 saturated heterocycles. The molecule has 0 spiro atoms. The highest BCUT2D eigenvalue weighted by Crippen LogP contribution is 2.31. The third-order valence-electron chi connectivity index (χ3n) is 2.34. The molecule has 0 aliphatic rings. The number of aliphatic hydroxyl groups is 1. The topological polar surface area (TPSA) is 73.1 Å². The van der Waals surface area contributed by atoms with Gasteiger partial charge in [-0.1, -0.05) is 11.6 Å². The van der Waals surface area contributed by atoms with Crippen molar-refractivity contribution in [3.63, 3.8) is 0 Å². The Balaban J connectivity index is 2.96. The van der Waals surface area contributed by atoms with E-state index in [0.29, 0.717) is 6.92 Å². The number of nitriles is 1. The van der Waals surface area contributed by atoms with Gasteiger partial charge in [0.15, 0.2) is 0 Å². The van der Waals surface area contributed by atoms with Crippen molar-refractivity contribution in [2.75, 3.05) is 5.32 Å². The van der Waals surface area contributed by atoms with E-state index in [1.807, 2.05) is 5.32 Å². The van der Waals surface area contributed by atoms with Gasteiger partial charge >= 0.3 is 6.18 Å². The van der Waals surface area contributed by atoms with Crippen LogP contribution < -0.4 is 5.32 Å². The van der Waals surface area contributed by atoms with Crippen LogP contribution in [0.3, 0.4) is 0 Å². The van der Waals surface area contributed by atoms with Gasteiger partial charge in [-0.3, -0.25) is 4.79 Å². The first kappa shape index (κ1) is 15.3. The van der Waals surface area contributed by atoms with Crippen LogP contribution in [-0.2, 0) is 4.79 Å². The van der Waals surface area contributed by atoms with Gasteiger partial charge < -0.3 is 10.4 Å². The van der Waals surface area contributed by atoms with E-state index < -0.39 is 17.7 Å². The van der Waals surface area contributed by atoms with Crippen molar-refractivity contribution in [1.29, 1.82) is 5.26 Å². The first-order valence-corrected chi connectivity index (χ1v) is 5.27. The summed E-state index contributed by atoms with van der Waals surface area (Å²) >= 11 is 5.66. The first-order chi connectivity index (χ1) is 8.59. The van der Waals surface area contributed by atoms with Crippen LogP contribution in [0.25, 0.3) is 0 Å². The highest BCUT2D eigenvalue weighted by Gasteiger charge is 2.55. The Morgan fingerprint density at radius 3 is 2.47 bits per heavy atom. The SMILES string of the molecule is C[C@](O)(C(=O)Nc1ccc(C#N)c(Cl)c1)C(F)(F)F. The van der Waals surface area contributed by atoms with Gasteiger partial charge in [0.1, 0.15) is 6.07 Å². The van der Waals surface area contributed by atoms with Crippen molar-refractivity contribution < 1.29 is 23.1 Å². The number of carbonyl (C=O) groups is 1. The molecule has 1 amide bonds. The fraction of sp³-hybridized carbons (Fsp3) is 0.273. The summed E-state index contributed by atoms with van der Waals surface area (Å²) < 4.78 is 37.2. The highest BCUT2D eigenvalue weighted by atomic mass is 35.5. The van der Waals surface area contributed by atoms with Crippen molar-refractivity contribution in [1.82, 2.24) is 0 Å². The molecule has 1 atom stereocenters. The summed E-state index contributed by atoms with van der Waals surface area (Å²) in [4.78, 5) is 11.4. The number of alkyl halides is 3. The minimum Gasteiger partial charge on any atom is -0.373 e. The second kappa shape index (κ2) is 5.07. The third-order valence-corrected chi connectivity index (χ3v) is 2.65. The zero-order valence-corrected chi connectivity index (χ0v) is 10.3. The molecule has 8 heteroatoms. The molecule has 0 aliphatic carbocycles. The minimum absolute atomic E-state index is 0.0213. The van der Waals surface area contributed by atoms with E-state index in [1.54, 1.807) is 6.07 Å². The third kappa shape index (κ3) is 3.16. The summed E-state index contributed by atoms with van der Waals surface area (Å²) in [5.74, 6) is -1.64. The molecule has 0 unspecified atom stereocenters. The molecule has 0 bridgehead atoms. The quantitative estimate of drug-likeness (QED) is 0.879. The number of nitrogens with one attached hydrogen (secondary N) is 1. The van der Waals surface area contributed by atoms with Crippen LogP contribution in [0.5, 0.6) is 0 Å². The zero-order valence-electron chi connectivity index (χ0n) is 9.55. The molecule has 0 aliphatic heterocycles. The van der Waals surface area contributed by atoms with Gasteiger partial charge in [0.05, 0.1) is 10.6 Å². The molecule has 0 heterocycles. The molecule has 0 fully saturated rings. The Labute approximate surface area is 111 Å². The summed E-state index contributed by atoms with van der Waals surface area (Å²) in [5, 5.41) is 19.6. The largest absolute Gasteiger partial charge is 0.426 e. The molecule has 0 aromatic heterocycles. The lowest BCUT2D eigenvalue weighted by Gasteiger charge is -2.24. The Hall–Kier alpha value is -1.78. The fourth-order valence-electron chi connectivity index (χ4n) is 1.07. The summed E-state index contributed by atoms with van der Waals surface area (Å²) in [6.45, 7) is 0.341. The molecular weight excluding hydrogens is 285 g/mol.